The molecule has 1 aromatic rings. The summed E-state index contributed by atoms with van der Waals surface area (Å²) in [5.41, 5.74) is 5.58. The number of nitrogens with zero attached hydrogens (tertiary/aromatic N) is 1. The Morgan fingerprint density at radius 1 is 1.67 bits per heavy atom. The molecule has 0 fully saturated rings. The normalized spacial score (nSPS) is 9.56. The first-order valence-electron chi connectivity index (χ1n) is 2.26. The van der Waals surface area contributed by atoms with Crippen LogP contribution in [0.4, 0.5) is 10.1 Å². The average Bonchev–Trinajstić information content (AvgIpc) is 1.80. The number of pyridine rings is 1. The molecule has 9 heavy (non-hydrogen) atoms. The Bertz CT molecular complexity index is 226. The average molecular weight is 238 g/mol. The summed E-state index contributed by atoms with van der Waals surface area (Å²) in [7, 11) is 0. The van der Waals surface area contributed by atoms with Gasteiger partial charge in [-0.05, 0) is 22.6 Å². The summed E-state index contributed by atoms with van der Waals surface area (Å²) in [4.78, 5) is 3.66. The number of halogens is 2. The molecular formula is C5H4FIN2. The topological polar surface area (TPSA) is 38.9 Å². The van der Waals surface area contributed by atoms with Crippen LogP contribution in [0.2, 0.25) is 0 Å². The van der Waals surface area contributed by atoms with E-state index in [0.717, 1.165) is 0 Å². The van der Waals surface area contributed by atoms with Crippen LogP contribution in [-0.4, -0.2) is 4.98 Å². The summed E-state index contributed by atoms with van der Waals surface area (Å²) in [5.74, 6) is -0.365. The molecule has 1 heterocycles. The molecule has 0 saturated heterocycles. The standard InChI is InChI=1S/C5H4FIN2/c6-4-1-3(8)2-9-5(4)7/h1-2H,8H2. The van der Waals surface area contributed by atoms with Gasteiger partial charge in [0.05, 0.1) is 11.9 Å². The van der Waals surface area contributed by atoms with Crippen LogP contribution in [0.3, 0.4) is 0 Å². The van der Waals surface area contributed by atoms with E-state index in [1.807, 2.05) is 0 Å². The Kier molecular flexibility index (Phi) is 1.84. The molecule has 0 radical (unpaired) electrons. The zero-order chi connectivity index (χ0) is 6.85. The molecule has 0 aliphatic carbocycles. The van der Waals surface area contributed by atoms with E-state index < -0.39 is 0 Å². The lowest BCUT2D eigenvalue weighted by atomic mass is 10.4. The zero-order valence-corrected chi connectivity index (χ0v) is 6.59. The molecule has 2 nitrogen and oxygen atoms in total. The van der Waals surface area contributed by atoms with Gasteiger partial charge >= 0.3 is 0 Å². The smallest absolute Gasteiger partial charge is 0.157 e. The summed E-state index contributed by atoms with van der Waals surface area (Å²) in [6, 6.07) is 1.24. The summed E-state index contributed by atoms with van der Waals surface area (Å²) in [6.07, 6.45) is 1.42. The van der Waals surface area contributed by atoms with Crippen molar-refractivity contribution < 1.29 is 4.39 Å². The minimum absolute atomic E-state index is 0.349. The van der Waals surface area contributed by atoms with Crippen LogP contribution < -0.4 is 5.73 Å². The first-order chi connectivity index (χ1) is 4.20. The number of nitrogen functional groups attached to an aromatic ring is 1. The molecular weight excluding hydrogens is 234 g/mol. The predicted molar refractivity (Wildman–Crippen MR) is 41.3 cm³/mol. The van der Waals surface area contributed by atoms with Gasteiger partial charge in [0.2, 0.25) is 0 Å². The van der Waals surface area contributed by atoms with Crippen LogP contribution in [-0.2, 0) is 0 Å². The van der Waals surface area contributed by atoms with Crippen LogP contribution in [0, 0.1) is 9.52 Å². The van der Waals surface area contributed by atoms with Gasteiger partial charge in [-0.15, -0.1) is 0 Å². The molecule has 1 rings (SSSR count). The summed E-state index contributed by atoms with van der Waals surface area (Å²) in [6.45, 7) is 0. The maximum atomic E-state index is 12.4. The zero-order valence-electron chi connectivity index (χ0n) is 4.44. The number of hydrogen-bond acceptors (Lipinski definition) is 2. The third-order valence-corrected chi connectivity index (χ3v) is 1.61. The van der Waals surface area contributed by atoms with Crippen molar-refractivity contribution in [2.24, 2.45) is 0 Å². The summed E-state index contributed by atoms with van der Waals surface area (Å²) in [5, 5.41) is 0. The van der Waals surface area contributed by atoms with Gasteiger partial charge in [-0.25, -0.2) is 9.37 Å². The van der Waals surface area contributed by atoms with Crippen molar-refractivity contribution in [1.29, 1.82) is 0 Å². The lowest BCUT2D eigenvalue weighted by Gasteiger charge is -1.92. The number of rotatable bonds is 0. The van der Waals surface area contributed by atoms with Gasteiger partial charge in [-0.2, -0.15) is 0 Å². The second kappa shape index (κ2) is 2.47. The van der Waals surface area contributed by atoms with Gasteiger partial charge in [0, 0.05) is 6.07 Å². The molecule has 0 aromatic carbocycles. The van der Waals surface area contributed by atoms with Crippen molar-refractivity contribution >= 4 is 28.3 Å². The van der Waals surface area contributed by atoms with E-state index in [9.17, 15) is 4.39 Å². The fourth-order valence-corrected chi connectivity index (χ4v) is 0.731. The van der Waals surface area contributed by atoms with E-state index in [0.29, 0.717) is 9.39 Å². The minimum Gasteiger partial charge on any atom is -0.397 e. The third-order valence-electron chi connectivity index (χ3n) is 0.817. The third kappa shape index (κ3) is 1.51. The van der Waals surface area contributed by atoms with Crippen LogP contribution in [0.25, 0.3) is 0 Å². The molecule has 2 N–H and O–H groups in total. The number of aromatic nitrogens is 1. The maximum absolute atomic E-state index is 12.4. The maximum Gasteiger partial charge on any atom is 0.157 e. The highest BCUT2D eigenvalue weighted by atomic mass is 127. The molecule has 0 amide bonds. The van der Waals surface area contributed by atoms with Crippen LogP contribution >= 0.6 is 22.6 Å². The Balaban J connectivity index is 3.17. The van der Waals surface area contributed by atoms with Crippen molar-refractivity contribution in [1.82, 2.24) is 4.98 Å². The van der Waals surface area contributed by atoms with E-state index in [1.54, 1.807) is 22.6 Å². The Morgan fingerprint density at radius 2 is 2.33 bits per heavy atom. The molecule has 0 atom stereocenters. The van der Waals surface area contributed by atoms with Crippen molar-refractivity contribution in [2.45, 2.75) is 0 Å². The quantitative estimate of drug-likeness (QED) is 0.548. The molecule has 0 bridgehead atoms. The van der Waals surface area contributed by atoms with Crippen molar-refractivity contribution in [3.05, 3.63) is 21.8 Å². The van der Waals surface area contributed by atoms with Crippen LogP contribution in [0.1, 0.15) is 0 Å². The molecule has 48 valence electrons. The summed E-state index contributed by atoms with van der Waals surface area (Å²) < 4.78 is 12.8. The Hall–Kier alpha value is -0.390. The first-order valence-corrected chi connectivity index (χ1v) is 3.34. The molecule has 1 aromatic heterocycles. The number of anilines is 1. The Labute approximate surface area is 65.4 Å². The van der Waals surface area contributed by atoms with Crippen molar-refractivity contribution in [3.63, 3.8) is 0 Å². The van der Waals surface area contributed by atoms with Gasteiger partial charge in [0.1, 0.15) is 3.70 Å². The summed E-state index contributed by atoms with van der Waals surface area (Å²) >= 11 is 1.80. The van der Waals surface area contributed by atoms with Crippen LogP contribution in [0.5, 0.6) is 0 Å². The first kappa shape index (κ1) is 6.73. The molecule has 4 heteroatoms. The predicted octanol–water partition coefficient (Wildman–Crippen LogP) is 1.41. The second-order valence-corrected chi connectivity index (χ2v) is 2.56. The lowest BCUT2D eigenvalue weighted by molar-refractivity contribution is 0.613. The number of nitrogens with two attached hydrogens (primary N) is 1. The van der Waals surface area contributed by atoms with Gasteiger partial charge in [0.15, 0.2) is 5.82 Å². The van der Waals surface area contributed by atoms with Gasteiger partial charge in [0.25, 0.3) is 0 Å². The Morgan fingerprint density at radius 3 is 2.78 bits per heavy atom. The molecule has 0 aliphatic heterocycles. The van der Waals surface area contributed by atoms with E-state index >= 15 is 0 Å². The van der Waals surface area contributed by atoms with Crippen LogP contribution in [0.15, 0.2) is 12.3 Å². The van der Waals surface area contributed by atoms with Gasteiger partial charge in [-0.3, -0.25) is 0 Å². The highest BCUT2D eigenvalue weighted by molar-refractivity contribution is 14.1. The monoisotopic (exact) mass is 238 g/mol. The molecule has 0 unspecified atom stereocenters. The van der Waals surface area contributed by atoms with Crippen molar-refractivity contribution in [2.75, 3.05) is 5.73 Å². The van der Waals surface area contributed by atoms with E-state index in [2.05, 4.69) is 4.98 Å². The highest BCUT2D eigenvalue weighted by Gasteiger charge is 1.97. The van der Waals surface area contributed by atoms with E-state index in [4.69, 9.17) is 5.73 Å². The van der Waals surface area contributed by atoms with Gasteiger partial charge < -0.3 is 5.73 Å². The van der Waals surface area contributed by atoms with E-state index in [-0.39, 0.29) is 5.82 Å². The van der Waals surface area contributed by atoms with E-state index in [1.165, 1.54) is 12.3 Å². The fraction of sp³-hybridized carbons (Fsp3) is 0. The molecule has 0 aliphatic rings. The molecule has 0 saturated carbocycles. The SMILES string of the molecule is Nc1cnc(I)c(F)c1. The highest BCUT2D eigenvalue weighted by Crippen LogP contribution is 2.09. The second-order valence-electron chi connectivity index (χ2n) is 1.54. The van der Waals surface area contributed by atoms with Crippen molar-refractivity contribution in [3.8, 4) is 0 Å². The minimum atomic E-state index is -0.365. The van der Waals surface area contributed by atoms with Gasteiger partial charge in [-0.1, -0.05) is 0 Å². The lowest BCUT2D eigenvalue weighted by Crippen LogP contribution is -1.91. The number of hydrogen-bond donors (Lipinski definition) is 1. The fourth-order valence-electron chi connectivity index (χ4n) is 0.436. The molecule has 0 spiro atoms. The largest absolute Gasteiger partial charge is 0.397 e.